The summed E-state index contributed by atoms with van der Waals surface area (Å²) in [5, 5.41) is 4.67. The van der Waals surface area contributed by atoms with Crippen molar-refractivity contribution in [1.82, 2.24) is 4.90 Å². The largest absolute Gasteiger partial charge is 0.435 e. The van der Waals surface area contributed by atoms with Gasteiger partial charge in [-0.15, -0.1) is 0 Å². The van der Waals surface area contributed by atoms with Crippen molar-refractivity contribution >= 4 is 11.8 Å². The van der Waals surface area contributed by atoms with Gasteiger partial charge in [0.15, 0.2) is 23.8 Å². The van der Waals surface area contributed by atoms with Crippen molar-refractivity contribution in [3.05, 3.63) is 0 Å². The van der Waals surface area contributed by atoms with E-state index in [1.165, 1.54) is 0 Å². The smallest absolute Gasteiger partial charge is 0.345 e. The summed E-state index contributed by atoms with van der Waals surface area (Å²) in [6.07, 6.45) is 5.53. The van der Waals surface area contributed by atoms with Gasteiger partial charge in [-0.3, -0.25) is 4.84 Å². The minimum Gasteiger partial charge on any atom is -0.345 e. The predicted molar refractivity (Wildman–Crippen MR) is 175 cm³/mol. The Hall–Kier alpha value is -1.38. The van der Waals surface area contributed by atoms with Gasteiger partial charge in [0, 0.05) is 44.2 Å². The highest BCUT2D eigenvalue weighted by molar-refractivity contribution is 5.90. The summed E-state index contributed by atoms with van der Waals surface area (Å²) in [5.74, 6) is 0.0373. The first-order valence-corrected chi connectivity index (χ1v) is 19.3. The number of hydrogen-bond acceptors (Lipinski definition) is 11. The highest BCUT2D eigenvalue weighted by Gasteiger charge is 2.71. The summed E-state index contributed by atoms with van der Waals surface area (Å²) < 4.78 is 27.4. The molecule has 10 aliphatic rings. The molecule has 2 aliphatic carbocycles. The zero-order valence-corrected chi connectivity index (χ0v) is 30.7. The third kappa shape index (κ3) is 5.20. The maximum absolute atomic E-state index is 13.2. The van der Waals surface area contributed by atoms with Gasteiger partial charge in [0.2, 0.25) is 11.6 Å². The normalized spacial score (nSPS) is 53.2. The van der Waals surface area contributed by atoms with Crippen LogP contribution >= 0.6 is 0 Å². The maximum atomic E-state index is 13.2. The lowest BCUT2D eigenvalue weighted by Crippen LogP contribution is -2.71. The van der Waals surface area contributed by atoms with E-state index in [0.29, 0.717) is 37.1 Å². The van der Waals surface area contributed by atoms with Crippen molar-refractivity contribution < 1.29 is 48.1 Å². The van der Waals surface area contributed by atoms with Crippen LogP contribution in [0.5, 0.6) is 0 Å². The molecule has 10 fully saturated rings. The van der Waals surface area contributed by atoms with E-state index in [9.17, 15) is 4.79 Å². The first-order valence-electron chi connectivity index (χ1n) is 19.3. The van der Waals surface area contributed by atoms with Crippen LogP contribution in [0.25, 0.3) is 0 Å². The van der Waals surface area contributed by atoms with E-state index in [1.807, 2.05) is 27.7 Å². The van der Waals surface area contributed by atoms with Crippen LogP contribution in [0.2, 0.25) is 0 Å². The molecule has 4 bridgehead atoms. The lowest BCUT2D eigenvalue weighted by Gasteiger charge is -2.61. The van der Waals surface area contributed by atoms with E-state index < -0.39 is 47.6 Å². The monoisotopic (exact) mass is 690 g/mol. The Morgan fingerprint density at radius 3 is 1.80 bits per heavy atom. The third-order valence-electron chi connectivity index (χ3n) is 14.5. The molecule has 16 atom stereocenters. The predicted octanol–water partition coefficient (Wildman–Crippen LogP) is 6.71. The van der Waals surface area contributed by atoms with Gasteiger partial charge in [-0.2, -0.15) is 0 Å². The molecular weight excluding hydrogens is 632 g/mol. The molecule has 0 aromatic carbocycles. The van der Waals surface area contributed by atoms with Crippen LogP contribution in [0, 0.1) is 47.3 Å². The molecule has 8 aliphatic heterocycles. The molecule has 0 N–H and O–H groups in total. The van der Waals surface area contributed by atoms with Crippen LogP contribution < -0.4 is 0 Å². The van der Waals surface area contributed by atoms with Crippen molar-refractivity contribution in [2.45, 2.75) is 161 Å². The van der Waals surface area contributed by atoms with Crippen molar-refractivity contribution in [3.63, 3.8) is 0 Å². The number of nitrogens with zero attached hydrogens (tertiary/aromatic N) is 2. The van der Waals surface area contributed by atoms with Crippen LogP contribution in [-0.4, -0.2) is 77.4 Å². The van der Waals surface area contributed by atoms with Crippen molar-refractivity contribution in [1.29, 1.82) is 0 Å². The van der Waals surface area contributed by atoms with Crippen molar-refractivity contribution in [2.24, 2.45) is 52.5 Å². The van der Waals surface area contributed by atoms with Crippen LogP contribution in [0.4, 0.5) is 4.79 Å². The fourth-order valence-electron chi connectivity index (χ4n) is 11.5. The van der Waals surface area contributed by atoms with E-state index in [-0.39, 0.29) is 41.6 Å². The van der Waals surface area contributed by atoms with Gasteiger partial charge in [0.05, 0.1) is 11.8 Å². The fraction of sp³-hybridized carbons (Fsp3) is 0.946. The van der Waals surface area contributed by atoms with E-state index in [4.69, 9.17) is 43.3 Å². The Balaban J connectivity index is 1.13. The minimum atomic E-state index is -0.895. The summed E-state index contributed by atoms with van der Waals surface area (Å²) in [5.41, 5.74) is -0.726. The minimum absolute atomic E-state index is 0.0160. The first-order chi connectivity index (χ1) is 23.4. The number of fused-ring (bicyclic) bond motifs is 4. The average molecular weight is 691 g/mol. The van der Waals surface area contributed by atoms with E-state index in [2.05, 4.69) is 32.9 Å². The molecule has 0 aromatic heterocycles. The molecule has 0 aromatic rings. The number of ether oxygens (including phenoxy) is 4. The maximum Gasteiger partial charge on any atom is 0.435 e. The van der Waals surface area contributed by atoms with Gasteiger partial charge >= 0.3 is 6.09 Å². The van der Waals surface area contributed by atoms with Gasteiger partial charge in [0.25, 0.3) is 0 Å². The fourth-order valence-corrected chi connectivity index (χ4v) is 11.5. The summed E-state index contributed by atoms with van der Waals surface area (Å²) >= 11 is 0. The SMILES string of the molecule is CCN(CC)C(=O)O/N=C(/C[C@H]1O[C@@H]2O[C@]3(C)CC[C@H]4C(C)CC[C@@H]([C@H]1C)[C@@]24OO3)[C@H]1O[C@@H]2O[C@]3(C)CC[C@H]4[C@H](C)CC[C@@H]([C@H]1C)[C@@]24OO3. The molecule has 12 nitrogen and oxygen atoms in total. The Labute approximate surface area is 290 Å². The van der Waals surface area contributed by atoms with Crippen molar-refractivity contribution in [2.75, 3.05) is 13.1 Å². The molecule has 2 spiro atoms. The van der Waals surface area contributed by atoms with Gasteiger partial charge in [-0.25, -0.2) is 24.3 Å². The highest BCUT2D eigenvalue weighted by atomic mass is 17.3. The second-order valence-electron chi connectivity index (χ2n) is 17.1. The Kier molecular flexibility index (Phi) is 8.75. The van der Waals surface area contributed by atoms with Gasteiger partial charge < -0.3 is 23.8 Å². The first kappa shape index (κ1) is 34.7. The molecule has 0 radical (unpaired) electrons. The number of carbonyl (C=O) groups excluding carboxylic acids is 1. The number of hydrogen-bond donors (Lipinski definition) is 0. The molecule has 49 heavy (non-hydrogen) atoms. The summed E-state index contributed by atoms with van der Waals surface area (Å²) in [4.78, 5) is 45.5. The van der Waals surface area contributed by atoms with E-state index >= 15 is 0 Å². The number of amides is 1. The van der Waals surface area contributed by atoms with Gasteiger partial charge in [0.1, 0.15) is 6.10 Å². The third-order valence-corrected chi connectivity index (χ3v) is 14.5. The van der Waals surface area contributed by atoms with Crippen LogP contribution in [0.15, 0.2) is 5.16 Å². The van der Waals surface area contributed by atoms with Gasteiger partial charge in [-0.05, 0) is 102 Å². The topological polar surface area (TPSA) is 116 Å². The Bertz CT molecular complexity index is 1310. The Morgan fingerprint density at radius 1 is 0.714 bits per heavy atom. The summed E-state index contributed by atoms with van der Waals surface area (Å²) in [7, 11) is 0. The molecular formula is C37H58N2O10. The molecule has 2 saturated carbocycles. The Morgan fingerprint density at radius 2 is 1.24 bits per heavy atom. The van der Waals surface area contributed by atoms with Crippen LogP contribution in [0.1, 0.15) is 113 Å². The molecule has 276 valence electrons. The number of oxime groups is 1. The zero-order valence-electron chi connectivity index (χ0n) is 30.7. The van der Waals surface area contributed by atoms with E-state index in [1.54, 1.807) is 4.90 Å². The molecule has 1 unspecified atom stereocenters. The lowest BCUT2D eigenvalue weighted by molar-refractivity contribution is -0.571. The number of carbonyl (C=O) groups is 1. The molecule has 10 rings (SSSR count). The van der Waals surface area contributed by atoms with Gasteiger partial charge in [-0.1, -0.05) is 32.9 Å². The molecule has 12 heteroatoms. The molecule has 8 heterocycles. The molecule has 1 amide bonds. The quantitative estimate of drug-likeness (QED) is 0.129. The van der Waals surface area contributed by atoms with Crippen LogP contribution in [0.3, 0.4) is 0 Å². The number of rotatable bonds is 6. The zero-order chi connectivity index (χ0) is 34.5. The van der Waals surface area contributed by atoms with Crippen molar-refractivity contribution in [3.8, 4) is 0 Å². The summed E-state index contributed by atoms with van der Waals surface area (Å²) in [6.45, 7) is 17.9. The van der Waals surface area contributed by atoms with Crippen LogP contribution in [-0.2, 0) is 43.3 Å². The highest BCUT2D eigenvalue weighted by Crippen LogP contribution is 2.63. The average Bonchev–Trinajstić information content (AvgIpc) is 3.45. The summed E-state index contributed by atoms with van der Waals surface area (Å²) in [6, 6.07) is 0. The second kappa shape index (κ2) is 12.4. The lowest BCUT2D eigenvalue weighted by atomic mass is 9.56. The second-order valence-corrected chi connectivity index (χ2v) is 17.1. The standard InChI is InChI=1S/C37H58N2O10/c1-9-39(10-2)33(40)45-38-28(30-23(6)27-14-12-21(4)25-16-18-35(8)44-32(42-30)37(25,27)49-47-35)19-29-22(5)26-13-11-20(3)24-15-17-34(7)43-31(41-29)36(24,26)48-46-34/h20-27,29-32H,9-19H2,1-8H3/b38-28-/t20?,21-,22-,23-,24+,25+,26+,27+,29-,30+,31-,32-,34+,35+,36-,37-/m1/s1. The van der Waals surface area contributed by atoms with E-state index in [0.717, 1.165) is 51.4 Å². The molecule has 8 saturated heterocycles.